The van der Waals surface area contributed by atoms with E-state index >= 15 is 0 Å². The molecule has 0 bridgehead atoms. The molecule has 0 amide bonds. The molecule has 0 unspecified atom stereocenters. The van der Waals surface area contributed by atoms with Crippen LogP contribution in [0.1, 0.15) is 63.2 Å². The third-order valence-electron chi connectivity index (χ3n) is 4.16. The molecule has 3 rings (SSSR count). The van der Waals surface area contributed by atoms with Gasteiger partial charge in [-0.1, -0.05) is 37.9 Å². The smallest absolute Gasteiger partial charge is 0.261 e. The molecule has 0 aromatic carbocycles. The average Bonchev–Trinajstić information content (AvgIpc) is 2.93. The van der Waals surface area contributed by atoms with Crippen molar-refractivity contribution in [3.63, 3.8) is 0 Å². The minimum absolute atomic E-state index is 0.0597. The first-order valence-corrected chi connectivity index (χ1v) is 9.70. The van der Waals surface area contributed by atoms with E-state index in [0.29, 0.717) is 24.7 Å². The van der Waals surface area contributed by atoms with Crippen molar-refractivity contribution in [2.45, 2.75) is 56.5 Å². The summed E-state index contributed by atoms with van der Waals surface area (Å²) in [6, 6.07) is 4.49. The predicted molar refractivity (Wildman–Crippen MR) is 87.7 cm³/mol. The maximum atomic E-state index is 13.0. The molecule has 2 aromatic rings. The molecule has 2 aromatic heterocycles. The van der Waals surface area contributed by atoms with Crippen LogP contribution in [0, 0.1) is 0 Å². The van der Waals surface area contributed by atoms with E-state index in [1.807, 2.05) is 13.8 Å². The van der Waals surface area contributed by atoms with Gasteiger partial charge in [-0.2, -0.15) is 9.29 Å². The molecular weight excluding hydrogens is 328 g/mol. The third-order valence-corrected chi connectivity index (χ3v) is 5.99. The number of rotatable bonds is 4. The van der Waals surface area contributed by atoms with E-state index in [4.69, 9.17) is 4.52 Å². The molecule has 130 valence electrons. The summed E-state index contributed by atoms with van der Waals surface area (Å²) < 4.78 is 32.9. The van der Waals surface area contributed by atoms with Crippen LogP contribution in [-0.2, 0) is 10.0 Å². The fourth-order valence-corrected chi connectivity index (χ4v) is 4.45. The predicted octanol–water partition coefficient (Wildman–Crippen LogP) is 2.89. The van der Waals surface area contributed by atoms with Crippen LogP contribution in [0.3, 0.4) is 0 Å². The van der Waals surface area contributed by atoms with Gasteiger partial charge in [-0.15, -0.1) is 0 Å². The van der Waals surface area contributed by atoms with Gasteiger partial charge in [-0.05, 0) is 25.0 Å². The summed E-state index contributed by atoms with van der Waals surface area (Å²) in [4.78, 5) is 8.45. The van der Waals surface area contributed by atoms with Gasteiger partial charge in [-0.3, -0.25) is 0 Å². The number of hydrogen-bond acceptors (Lipinski definition) is 6. The van der Waals surface area contributed by atoms with Crippen LogP contribution in [0.25, 0.3) is 0 Å². The van der Waals surface area contributed by atoms with Crippen molar-refractivity contribution in [1.29, 1.82) is 0 Å². The maximum Gasteiger partial charge on any atom is 0.261 e. The third kappa shape index (κ3) is 3.34. The van der Waals surface area contributed by atoms with Crippen molar-refractivity contribution in [2.24, 2.45) is 0 Å². The van der Waals surface area contributed by atoms with Gasteiger partial charge in [0.25, 0.3) is 10.0 Å². The summed E-state index contributed by atoms with van der Waals surface area (Å²) >= 11 is 0. The highest BCUT2D eigenvalue weighted by Gasteiger charge is 2.36. The summed E-state index contributed by atoms with van der Waals surface area (Å²) in [5.74, 6) is 1.09. The van der Waals surface area contributed by atoms with Crippen molar-refractivity contribution < 1.29 is 12.9 Å². The largest absolute Gasteiger partial charge is 0.339 e. The maximum absolute atomic E-state index is 13.0. The van der Waals surface area contributed by atoms with Gasteiger partial charge in [-0.25, -0.2) is 13.4 Å². The van der Waals surface area contributed by atoms with Crippen molar-refractivity contribution >= 4 is 10.0 Å². The first kappa shape index (κ1) is 17.0. The number of hydrogen-bond donors (Lipinski definition) is 0. The van der Waals surface area contributed by atoms with Gasteiger partial charge >= 0.3 is 0 Å². The summed E-state index contributed by atoms with van der Waals surface area (Å²) in [6.45, 7) is 4.37. The Labute approximate surface area is 142 Å². The second kappa shape index (κ2) is 6.98. The van der Waals surface area contributed by atoms with Gasteiger partial charge in [0.15, 0.2) is 10.9 Å². The van der Waals surface area contributed by atoms with E-state index in [9.17, 15) is 8.42 Å². The molecule has 8 heteroatoms. The number of nitrogens with zero attached hydrogens (tertiary/aromatic N) is 4. The van der Waals surface area contributed by atoms with Crippen LogP contribution in [0.4, 0.5) is 0 Å². The Morgan fingerprint density at radius 1 is 1.25 bits per heavy atom. The Morgan fingerprint density at radius 3 is 2.75 bits per heavy atom. The van der Waals surface area contributed by atoms with Crippen molar-refractivity contribution in [3.05, 3.63) is 36.1 Å². The zero-order chi connectivity index (χ0) is 17.2. The van der Waals surface area contributed by atoms with Crippen LogP contribution >= 0.6 is 0 Å². The molecule has 0 saturated carbocycles. The molecule has 0 spiro atoms. The van der Waals surface area contributed by atoms with Crippen LogP contribution in [0.15, 0.2) is 33.9 Å². The van der Waals surface area contributed by atoms with Gasteiger partial charge in [0, 0.05) is 18.7 Å². The molecule has 24 heavy (non-hydrogen) atoms. The fourth-order valence-electron chi connectivity index (χ4n) is 2.86. The first-order chi connectivity index (χ1) is 11.5. The highest BCUT2D eigenvalue weighted by atomic mass is 32.2. The molecule has 1 atom stereocenters. The normalized spacial score (nSPS) is 20.2. The molecule has 1 fully saturated rings. The molecule has 0 N–H and O–H groups in total. The Morgan fingerprint density at radius 2 is 2.08 bits per heavy atom. The van der Waals surface area contributed by atoms with Crippen LogP contribution in [-0.4, -0.2) is 34.4 Å². The first-order valence-electron chi connectivity index (χ1n) is 8.26. The second-order valence-electron chi connectivity index (χ2n) is 6.29. The minimum Gasteiger partial charge on any atom is -0.339 e. The van der Waals surface area contributed by atoms with Crippen molar-refractivity contribution in [3.8, 4) is 0 Å². The molecule has 0 aliphatic carbocycles. The van der Waals surface area contributed by atoms with Gasteiger partial charge in [0.05, 0.1) is 6.04 Å². The van der Waals surface area contributed by atoms with Crippen LogP contribution in [0.2, 0.25) is 0 Å². The van der Waals surface area contributed by atoms with E-state index in [-0.39, 0.29) is 10.9 Å². The summed E-state index contributed by atoms with van der Waals surface area (Å²) in [5, 5.41) is 4.11. The Kier molecular flexibility index (Phi) is 4.96. The molecule has 7 nitrogen and oxygen atoms in total. The molecular formula is C16H22N4O3S. The highest BCUT2D eigenvalue weighted by molar-refractivity contribution is 7.89. The summed E-state index contributed by atoms with van der Waals surface area (Å²) in [6.07, 6.45) is 4.91. The number of pyridine rings is 1. The van der Waals surface area contributed by atoms with E-state index in [1.165, 1.54) is 16.6 Å². The van der Waals surface area contributed by atoms with Crippen LogP contribution < -0.4 is 0 Å². The van der Waals surface area contributed by atoms with E-state index in [2.05, 4.69) is 15.1 Å². The van der Waals surface area contributed by atoms with Gasteiger partial charge in [0.1, 0.15) is 0 Å². The number of sulfonamides is 1. The standard InChI is InChI=1S/C16H22N4O3S/c1-12(2)16-18-15(19-23-16)13-8-4-3-7-11-20(13)24(21,22)14-9-5-6-10-17-14/h5-6,9-10,12-13H,3-4,7-8,11H2,1-2H3/t13-/m1/s1. The Hall–Kier alpha value is -1.80. The lowest BCUT2D eigenvalue weighted by atomic mass is 10.1. The Balaban J connectivity index is 1.98. The highest BCUT2D eigenvalue weighted by Crippen LogP contribution is 2.33. The summed E-state index contributed by atoms with van der Waals surface area (Å²) in [5.41, 5.74) is 0. The SMILES string of the molecule is CC(C)c1nc([C@H]2CCCCCN2S(=O)(=O)c2ccccn2)no1. The van der Waals surface area contributed by atoms with E-state index in [1.54, 1.807) is 12.1 Å². The molecule has 3 heterocycles. The van der Waals surface area contributed by atoms with Crippen molar-refractivity contribution in [2.75, 3.05) is 6.54 Å². The molecule has 0 radical (unpaired) electrons. The molecule has 1 aliphatic rings. The molecule has 1 saturated heterocycles. The summed E-state index contributed by atoms with van der Waals surface area (Å²) in [7, 11) is -3.69. The Bertz CT molecular complexity index is 774. The van der Waals surface area contributed by atoms with Gasteiger partial charge < -0.3 is 4.52 Å². The zero-order valence-corrected chi connectivity index (χ0v) is 14.7. The van der Waals surface area contributed by atoms with Crippen LogP contribution in [0.5, 0.6) is 0 Å². The second-order valence-corrected chi connectivity index (χ2v) is 8.13. The lowest BCUT2D eigenvalue weighted by molar-refractivity contribution is 0.299. The number of aromatic nitrogens is 3. The van der Waals surface area contributed by atoms with E-state index < -0.39 is 16.1 Å². The molecule has 1 aliphatic heterocycles. The van der Waals surface area contributed by atoms with Crippen molar-refractivity contribution in [1.82, 2.24) is 19.4 Å². The topological polar surface area (TPSA) is 89.2 Å². The minimum atomic E-state index is -3.69. The monoisotopic (exact) mass is 350 g/mol. The van der Waals surface area contributed by atoms with Gasteiger partial charge in [0.2, 0.25) is 5.89 Å². The quantitative estimate of drug-likeness (QED) is 0.842. The lowest BCUT2D eigenvalue weighted by Gasteiger charge is -2.26. The average molecular weight is 350 g/mol. The fraction of sp³-hybridized carbons (Fsp3) is 0.562. The lowest BCUT2D eigenvalue weighted by Crippen LogP contribution is -2.35. The zero-order valence-electron chi connectivity index (χ0n) is 13.9. The van der Waals surface area contributed by atoms with E-state index in [0.717, 1.165) is 19.3 Å².